The molecule has 0 saturated carbocycles. The average molecular weight is 379 g/mol. The Morgan fingerprint density at radius 3 is 2.65 bits per heavy atom. The van der Waals surface area contributed by atoms with Crippen LogP contribution in [0.1, 0.15) is 18.5 Å². The zero-order valence-electron chi connectivity index (χ0n) is 13.7. The summed E-state index contributed by atoms with van der Waals surface area (Å²) in [7, 11) is 0. The molecule has 0 aliphatic carbocycles. The lowest BCUT2D eigenvalue weighted by Gasteiger charge is -2.49. The smallest absolute Gasteiger partial charge is 0.352 e. The van der Waals surface area contributed by atoms with Gasteiger partial charge in [0.2, 0.25) is 5.91 Å². The van der Waals surface area contributed by atoms with E-state index in [1.165, 1.54) is 34.9 Å². The number of carbonyl (C=O) groups excluding carboxylic acids is 2. The first-order chi connectivity index (χ1) is 12.2. The number of aliphatic carboxylic acids is 1. The molecule has 3 rings (SSSR count). The molecule has 138 valence electrons. The summed E-state index contributed by atoms with van der Waals surface area (Å²) in [5, 5.41) is 30.2. The number of β-lactam (4-membered cyclic amide) rings is 1. The van der Waals surface area contributed by atoms with Crippen molar-refractivity contribution in [2.75, 3.05) is 5.75 Å². The molecule has 1 saturated heterocycles. The first kappa shape index (κ1) is 18.1. The van der Waals surface area contributed by atoms with Gasteiger partial charge < -0.3 is 26.4 Å². The third-order valence-electron chi connectivity index (χ3n) is 4.30. The molecule has 2 aliphatic heterocycles. The third kappa shape index (κ3) is 2.86. The maximum Gasteiger partial charge on any atom is 0.352 e. The zero-order chi connectivity index (χ0) is 19.2. The summed E-state index contributed by atoms with van der Waals surface area (Å²) in [6, 6.07) is 1.73. The Hall–Kier alpha value is -2.72. The summed E-state index contributed by atoms with van der Waals surface area (Å²) in [6.45, 7) is 1.65. The predicted molar refractivity (Wildman–Crippen MR) is 92.1 cm³/mol. The molecule has 9 nitrogen and oxygen atoms in total. The Morgan fingerprint density at radius 1 is 1.35 bits per heavy atom. The molecule has 1 aromatic carbocycles. The molecule has 0 spiro atoms. The fraction of sp³-hybridized carbons (Fsp3) is 0.312. The van der Waals surface area contributed by atoms with E-state index in [1.807, 2.05) is 0 Å². The van der Waals surface area contributed by atoms with Crippen molar-refractivity contribution >= 4 is 29.5 Å². The summed E-state index contributed by atoms with van der Waals surface area (Å²) < 4.78 is 0. The Balaban J connectivity index is 1.72. The highest BCUT2D eigenvalue weighted by molar-refractivity contribution is 8.00. The van der Waals surface area contributed by atoms with E-state index in [0.717, 1.165) is 0 Å². The first-order valence-electron chi connectivity index (χ1n) is 7.68. The van der Waals surface area contributed by atoms with Gasteiger partial charge in [0, 0.05) is 5.75 Å². The lowest BCUT2D eigenvalue weighted by Crippen LogP contribution is -2.71. The minimum atomic E-state index is -1.18. The molecular weight excluding hydrogens is 362 g/mol. The number of amides is 2. The first-order valence-corrected chi connectivity index (χ1v) is 8.72. The van der Waals surface area contributed by atoms with Crippen LogP contribution in [0, 0.1) is 0 Å². The molecule has 26 heavy (non-hydrogen) atoms. The molecule has 2 amide bonds. The molecule has 6 N–H and O–H groups in total. The Morgan fingerprint density at radius 2 is 2.04 bits per heavy atom. The van der Waals surface area contributed by atoms with Gasteiger partial charge in [-0.15, -0.1) is 11.8 Å². The Labute approximate surface area is 152 Å². The summed E-state index contributed by atoms with van der Waals surface area (Å²) in [4.78, 5) is 37.2. The second-order valence-electron chi connectivity index (χ2n) is 6.06. The zero-order valence-corrected chi connectivity index (χ0v) is 14.5. The summed E-state index contributed by atoms with van der Waals surface area (Å²) in [5.74, 6) is -2.63. The van der Waals surface area contributed by atoms with Gasteiger partial charge >= 0.3 is 5.97 Å². The fourth-order valence-corrected chi connectivity index (χ4v) is 4.20. The molecule has 0 aromatic heterocycles. The van der Waals surface area contributed by atoms with Gasteiger partial charge in [0.1, 0.15) is 23.2 Å². The number of carboxylic acid groups (broad SMARTS) is 1. The Bertz CT molecular complexity index is 839. The van der Waals surface area contributed by atoms with Crippen molar-refractivity contribution < 1.29 is 29.7 Å². The number of thioether (sulfide) groups is 1. The number of carbonyl (C=O) groups is 3. The highest BCUT2D eigenvalue weighted by atomic mass is 32.2. The maximum atomic E-state index is 12.4. The monoisotopic (exact) mass is 379 g/mol. The number of phenolic OH excluding ortho intramolecular Hbond substituents is 2. The summed E-state index contributed by atoms with van der Waals surface area (Å²) in [5.41, 5.74) is 6.67. The molecular formula is C16H17N3O6S. The number of hydrogen-bond donors (Lipinski definition) is 5. The third-order valence-corrected chi connectivity index (χ3v) is 5.72. The van der Waals surface area contributed by atoms with Gasteiger partial charge in [-0.05, 0) is 30.2 Å². The minimum Gasteiger partial charge on any atom is -0.504 e. The Kier molecular flexibility index (Phi) is 4.55. The van der Waals surface area contributed by atoms with E-state index in [-0.39, 0.29) is 17.0 Å². The SMILES string of the molecule is CC1=C(C(=O)O)N2C(=O)[C@@H](NC(=O)[C@H](N)c3ccc(O)c(O)c3)[C@H]2SC1. The fourth-order valence-electron chi connectivity index (χ4n) is 2.90. The lowest BCUT2D eigenvalue weighted by molar-refractivity contribution is -0.150. The van der Waals surface area contributed by atoms with Crippen LogP contribution < -0.4 is 11.1 Å². The van der Waals surface area contributed by atoms with Crippen LogP contribution in [0.5, 0.6) is 11.5 Å². The molecule has 0 radical (unpaired) electrons. The van der Waals surface area contributed by atoms with E-state index >= 15 is 0 Å². The van der Waals surface area contributed by atoms with Crippen LogP contribution >= 0.6 is 11.8 Å². The van der Waals surface area contributed by atoms with E-state index in [4.69, 9.17) is 5.73 Å². The largest absolute Gasteiger partial charge is 0.504 e. The molecule has 0 unspecified atom stereocenters. The van der Waals surface area contributed by atoms with Gasteiger partial charge in [-0.2, -0.15) is 0 Å². The molecule has 2 heterocycles. The lowest BCUT2D eigenvalue weighted by atomic mass is 10.0. The summed E-state index contributed by atoms with van der Waals surface area (Å²) >= 11 is 1.36. The average Bonchev–Trinajstić information content (AvgIpc) is 2.60. The van der Waals surface area contributed by atoms with Gasteiger partial charge in [-0.3, -0.25) is 14.5 Å². The maximum absolute atomic E-state index is 12.4. The second-order valence-corrected chi connectivity index (χ2v) is 7.16. The number of benzene rings is 1. The molecule has 2 aliphatic rings. The van der Waals surface area contributed by atoms with E-state index in [0.29, 0.717) is 11.3 Å². The number of nitrogens with zero attached hydrogens (tertiary/aromatic N) is 1. The van der Waals surface area contributed by atoms with Crippen LogP contribution in [-0.4, -0.2) is 55.2 Å². The number of fused-ring (bicyclic) bond motifs is 1. The molecule has 0 bridgehead atoms. The quantitative estimate of drug-likeness (QED) is 0.358. The van der Waals surface area contributed by atoms with Gasteiger partial charge in [-0.25, -0.2) is 4.79 Å². The van der Waals surface area contributed by atoms with Crippen molar-refractivity contribution in [3.63, 3.8) is 0 Å². The highest BCUT2D eigenvalue weighted by Crippen LogP contribution is 2.40. The number of aromatic hydroxyl groups is 2. The molecule has 10 heteroatoms. The standard InChI is InChI=1S/C16H17N3O6S/c1-6-5-26-15-11(14(23)19(15)12(6)16(24)25)18-13(22)10(17)7-2-3-8(20)9(21)4-7/h2-4,10-11,15,20-21H,5,17H2,1H3,(H,18,22)(H,24,25)/t10-,11-,15-/m1/s1. The predicted octanol–water partition coefficient (Wildman–Crippen LogP) is -0.144. The second kappa shape index (κ2) is 6.54. The van der Waals surface area contributed by atoms with Gasteiger partial charge in [0.15, 0.2) is 11.5 Å². The number of nitrogens with two attached hydrogens (primary N) is 1. The summed E-state index contributed by atoms with van der Waals surface area (Å²) in [6.07, 6.45) is 0. The number of hydrogen-bond acceptors (Lipinski definition) is 7. The molecule has 3 atom stereocenters. The molecule has 1 aromatic rings. The van der Waals surface area contributed by atoms with Crippen LogP contribution in [0.2, 0.25) is 0 Å². The van der Waals surface area contributed by atoms with E-state index < -0.39 is 41.0 Å². The van der Waals surface area contributed by atoms with Crippen LogP contribution in [0.15, 0.2) is 29.5 Å². The van der Waals surface area contributed by atoms with E-state index in [1.54, 1.807) is 6.92 Å². The topological polar surface area (TPSA) is 153 Å². The number of nitrogens with one attached hydrogen (secondary N) is 1. The van der Waals surface area contributed by atoms with Crippen molar-refractivity contribution in [3.05, 3.63) is 35.0 Å². The minimum absolute atomic E-state index is 0.0444. The van der Waals surface area contributed by atoms with Crippen LogP contribution in [0.3, 0.4) is 0 Å². The van der Waals surface area contributed by atoms with Gasteiger partial charge in [-0.1, -0.05) is 6.07 Å². The van der Waals surface area contributed by atoms with E-state index in [9.17, 15) is 29.7 Å². The van der Waals surface area contributed by atoms with E-state index in [2.05, 4.69) is 5.32 Å². The van der Waals surface area contributed by atoms with Gasteiger partial charge in [0.05, 0.1) is 0 Å². The number of rotatable bonds is 4. The van der Waals surface area contributed by atoms with Crippen molar-refractivity contribution in [1.82, 2.24) is 10.2 Å². The normalized spacial score (nSPS) is 23.2. The van der Waals surface area contributed by atoms with Crippen LogP contribution in [-0.2, 0) is 14.4 Å². The van der Waals surface area contributed by atoms with Crippen molar-refractivity contribution in [1.29, 1.82) is 0 Å². The van der Waals surface area contributed by atoms with Gasteiger partial charge in [0.25, 0.3) is 5.91 Å². The number of carboxylic acids is 1. The van der Waals surface area contributed by atoms with Crippen molar-refractivity contribution in [2.24, 2.45) is 5.73 Å². The van der Waals surface area contributed by atoms with Crippen molar-refractivity contribution in [3.8, 4) is 11.5 Å². The molecule has 1 fully saturated rings. The van der Waals surface area contributed by atoms with Crippen LogP contribution in [0.4, 0.5) is 0 Å². The highest BCUT2D eigenvalue weighted by Gasteiger charge is 2.53. The number of phenols is 2. The van der Waals surface area contributed by atoms with Crippen LogP contribution in [0.25, 0.3) is 0 Å². The van der Waals surface area contributed by atoms with Crippen molar-refractivity contribution in [2.45, 2.75) is 24.4 Å².